The van der Waals surface area contributed by atoms with Crippen molar-refractivity contribution in [3.8, 4) is 0 Å². The zero-order chi connectivity index (χ0) is 14.0. The fourth-order valence-corrected chi connectivity index (χ4v) is 3.45. The molecule has 0 N–H and O–H groups in total. The van der Waals surface area contributed by atoms with E-state index in [0.717, 1.165) is 43.9 Å². The molecule has 0 heterocycles. The van der Waals surface area contributed by atoms with Gasteiger partial charge in [0.25, 0.3) is 5.91 Å². The second kappa shape index (κ2) is 5.99. The Hall–Kier alpha value is -0.970. The number of benzene rings is 1. The number of carbonyl (C=O) groups is 1. The van der Waals surface area contributed by atoms with E-state index in [4.69, 9.17) is 0 Å². The number of hydrogen-bond acceptors (Lipinski definition) is 1. The first kappa shape index (κ1) is 14.4. The summed E-state index contributed by atoms with van der Waals surface area (Å²) in [7, 11) is 1.65. The molecule has 0 aromatic heterocycles. The SMILES string of the molecule is CN(C(=O)c1cc(F)ccc1F)C1CCCCC1Br. The molecular formula is C14H16BrF2NO. The highest BCUT2D eigenvalue weighted by Crippen LogP contribution is 2.29. The Bertz CT molecular complexity index is 481. The lowest BCUT2D eigenvalue weighted by Crippen LogP contribution is -2.44. The lowest BCUT2D eigenvalue weighted by Gasteiger charge is -2.35. The maximum atomic E-state index is 13.6. The third kappa shape index (κ3) is 3.14. The predicted molar refractivity (Wildman–Crippen MR) is 73.4 cm³/mol. The van der Waals surface area contributed by atoms with Crippen LogP contribution in [-0.2, 0) is 0 Å². The standard InChI is InChI=1S/C14H16BrF2NO/c1-18(13-5-3-2-4-11(13)15)14(19)10-8-9(16)6-7-12(10)17/h6-8,11,13H,2-5H2,1H3. The molecule has 1 aliphatic rings. The van der Waals surface area contributed by atoms with Crippen LogP contribution in [0.4, 0.5) is 8.78 Å². The molecule has 19 heavy (non-hydrogen) atoms. The third-order valence-corrected chi connectivity index (χ3v) is 4.69. The fraction of sp³-hybridized carbons (Fsp3) is 0.500. The number of nitrogens with zero attached hydrogens (tertiary/aromatic N) is 1. The molecule has 1 aliphatic carbocycles. The molecule has 0 radical (unpaired) electrons. The summed E-state index contributed by atoms with van der Waals surface area (Å²) in [4.78, 5) is 14.0. The van der Waals surface area contributed by atoms with Gasteiger partial charge in [-0.15, -0.1) is 0 Å². The van der Waals surface area contributed by atoms with E-state index in [1.165, 1.54) is 4.90 Å². The average Bonchev–Trinajstić information content (AvgIpc) is 2.40. The van der Waals surface area contributed by atoms with Gasteiger partial charge < -0.3 is 4.90 Å². The van der Waals surface area contributed by atoms with Gasteiger partial charge in [0.15, 0.2) is 0 Å². The van der Waals surface area contributed by atoms with Crippen LogP contribution in [0.5, 0.6) is 0 Å². The third-order valence-electron chi connectivity index (χ3n) is 3.62. The Morgan fingerprint density at radius 3 is 2.68 bits per heavy atom. The Morgan fingerprint density at radius 2 is 2.00 bits per heavy atom. The highest BCUT2D eigenvalue weighted by Gasteiger charge is 2.30. The first-order chi connectivity index (χ1) is 9.00. The van der Waals surface area contributed by atoms with Crippen LogP contribution >= 0.6 is 15.9 Å². The van der Waals surface area contributed by atoms with Gasteiger partial charge in [0, 0.05) is 17.9 Å². The van der Waals surface area contributed by atoms with Crippen LogP contribution in [0.25, 0.3) is 0 Å². The van der Waals surface area contributed by atoms with Crippen molar-refractivity contribution in [2.24, 2.45) is 0 Å². The lowest BCUT2D eigenvalue weighted by molar-refractivity contribution is 0.0699. The summed E-state index contributed by atoms with van der Waals surface area (Å²) < 4.78 is 26.8. The van der Waals surface area contributed by atoms with Crippen LogP contribution < -0.4 is 0 Å². The monoisotopic (exact) mass is 331 g/mol. The number of rotatable bonds is 2. The Labute approximate surface area is 119 Å². The van der Waals surface area contributed by atoms with E-state index < -0.39 is 17.5 Å². The van der Waals surface area contributed by atoms with Crippen LogP contribution in [0.2, 0.25) is 0 Å². The van der Waals surface area contributed by atoms with Crippen molar-refractivity contribution in [3.63, 3.8) is 0 Å². The highest BCUT2D eigenvalue weighted by atomic mass is 79.9. The van der Waals surface area contributed by atoms with Crippen LogP contribution in [-0.4, -0.2) is 28.7 Å². The molecular weight excluding hydrogens is 316 g/mol. The minimum Gasteiger partial charge on any atom is -0.338 e. The molecule has 1 amide bonds. The molecule has 0 aliphatic heterocycles. The van der Waals surface area contributed by atoms with Crippen molar-refractivity contribution < 1.29 is 13.6 Å². The van der Waals surface area contributed by atoms with Crippen molar-refractivity contribution in [1.82, 2.24) is 4.90 Å². The summed E-state index contributed by atoms with van der Waals surface area (Å²) in [6, 6.07) is 2.99. The Kier molecular flexibility index (Phi) is 4.55. The molecule has 2 atom stereocenters. The van der Waals surface area contributed by atoms with Crippen molar-refractivity contribution in [2.45, 2.75) is 36.6 Å². The van der Waals surface area contributed by atoms with E-state index in [9.17, 15) is 13.6 Å². The lowest BCUT2D eigenvalue weighted by atomic mass is 9.94. The van der Waals surface area contributed by atoms with Gasteiger partial charge in [0.1, 0.15) is 11.6 Å². The van der Waals surface area contributed by atoms with Gasteiger partial charge >= 0.3 is 0 Å². The van der Waals surface area contributed by atoms with E-state index in [1.54, 1.807) is 7.05 Å². The zero-order valence-electron chi connectivity index (χ0n) is 10.7. The quantitative estimate of drug-likeness (QED) is 0.756. The Balaban J connectivity index is 2.20. The van der Waals surface area contributed by atoms with Crippen molar-refractivity contribution in [3.05, 3.63) is 35.4 Å². The van der Waals surface area contributed by atoms with E-state index in [-0.39, 0.29) is 16.4 Å². The van der Waals surface area contributed by atoms with Gasteiger partial charge in [0.05, 0.1) is 5.56 Å². The van der Waals surface area contributed by atoms with E-state index in [0.29, 0.717) is 0 Å². The van der Waals surface area contributed by atoms with Crippen molar-refractivity contribution >= 4 is 21.8 Å². The van der Waals surface area contributed by atoms with Gasteiger partial charge in [-0.25, -0.2) is 8.78 Å². The summed E-state index contributed by atoms with van der Waals surface area (Å²) in [6.07, 6.45) is 4.06. The van der Waals surface area contributed by atoms with Crippen LogP contribution in [0, 0.1) is 11.6 Å². The molecule has 1 aromatic rings. The molecule has 5 heteroatoms. The second-order valence-electron chi connectivity index (χ2n) is 4.91. The van der Waals surface area contributed by atoms with E-state index in [1.807, 2.05) is 0 Å². The molecule has 2 unspecified atom stereocenters. The molecule has 104 valence electrons. The number of hydrogen-bond donors (Lipinski definition) is 0. The minimum atomic E-state index is -0.680. The minimum absolute atomic E-state index is 0.0314. The molecule has 0 bridgehead atoms. The first-order valence-corrected chi connectivity index (χ1v) is 7.28. The molecule has 1 fully saturated rings. The smallest absolute Gasteiger partial charge is 0.256 e. The number of halogens is 3. The van der Waals surface area contributed by atoms with Gasteiger partial charge in [-0.1, -0.05) is 28.8 Å². The summed E-state index contributed by atoms with van der Waals surface area (Å²) in [5.74, 6) is -1.74. The van der Waals surface area contributed by atoms with Gasteiger partial charge in [-0.05, 0) is 31.0 Å². The van der Waals surface area contributed by atoms with Crippen LogP contribution in [0.1, 0.15) is 36.0 Å². The molecule has 1 aromatic carbocycles. The van der Waals surface area contributed by atoms with Crippen molar-refractivity contribution in [1.29, 1.82) is 0 Å². The number of alkyl halides is 1. The summed E-state index contributed by atoms with van der Waals surface area (Å²) >= 11 is 3.57. The largest absolute Gasteiger partial charge is 0.338 e. The van der Waals surface area contributed by atoms with E-state index >= 15 is 0 Å². The average molecular weight is 332 g/mol. The highest BCUT2D eigenvalue weighted by molar-refractivity contribution is 9.09. The van der Waals surface area contributed by atoms with Crippen LogP contribution in [0.3, 0.4) is 0 Å². The van der Waals surface area contributed by atoms with Gasteiger partial charge in [0.2, 0.25) is 0 Å². The molecule has 2 nitrogen and oxygen atoms in total. The van der Waals surface area contributed by atoms with E-state index in [2.05, 4.69) is 15.9 Å². The molecule has 1 saturated carbocycles. The topological polar surface area (TPSA) is 20.3 Å². The first-order valence-electron chi connectivity index (χ1n) is 6.37. The summed E-state index contributed by atoms with van der Waals surface area (Å²) in [6.45, 7) is 0. The molecule has 2 rings (SSSR count). The number of carbonyl (C=O) groups excluding carboxylic acids is 1. The van der Waals surface area contributed by atoms with Crippen LogP contribution in [0.15, 0.2) is 18.2 Å². The molecule has 0 saturated heterocycles. The zero-order valence-corrected chi connectivity index (χ0v) is 12.3. The maximum absolute atomic E-state index is 13.6. The predicted octanol–water partition coefficient (Wildman–Crippen LogP) is 3.74. The normalized spacial score (nSPS) is 23.2. The summed E-state index contributed by atoms with van der Waals surface area (Å²) in [5, 5.41) is 0. The number of amides is 1. The van der Waals surface area contributed by atoms with Gasteiger partial charge in [-0.2, -0.15) is 0 Å². The fourth-order valence-electron chi connectivity index (χ4n) is 2.50. The Morgan fingerprint density at radius 1 is 1.32 bits per heavy atom. The summed E-state index contributed by atoms with van der Waals surface area (Å²) in [5.41, 5.74) is -0.201. The maximum Gasteiger partial charge on any atom is 0.256 e. The van der Waals surface area contributed by atoms with Crippen molar-refractivity contribution in [2.75, 3.05) is 7.05 Å². The second-order valence-corrected chi connectivity index (χ2v) is 6.08. The van der Waals surface area contributed by atoms with Gasteiger partial charge in [-0.3, -0.25) is 4.79 Å². The molecule has 0 spiro atoms.